The van der Waals surface area contributed by atoms with Crippen LogP contribution < -0.4 is 10.6 Å². The van der Waals surface area contributed by atoms with Crippen molar-refractivity contribution in [3.05, 3.63) is 59.7 Å². The van der Waals surface area contributed by atoms with Gasteiger partial charge in [-0.3, -0.25) is 14.4 Å². The zero-order valence-electron chi connectivity index (χ0n) is 14.4. The van der Waals surface area contributed by atoms with E-state index in [0.717, 1.165) is 11.3 Å². The van der Waals surface area contributed by atoms with Gasteiger partial charge in [0.25, 0.3) is 0 Å². The summed E-state index contributed by atoms with van der Waals surface area (Å²) in [6.07, 6.45) is 0.845. The van der Waals surface area contributed by atoms with Crippen LogP contribution >= 0.6 is 0 Å². The summed E-state index contributed by atoms with van der Waals surface area (Å²) in [7, 11) is 0. The van der Waals surface area contributed by atoms with Gasteiger partial charge in [0, 0.05) is 24.2 Å². The maximum absolute atomic E-state index is 12.5. The molecule has 2 aromatic rings. The number of rotatable bonds is 5. The summed E-state index contributed by atoms with van der Waals surface area (Å²) in [5.74, 6) is -1.44. The lowest BCUT2D eigenvalue weighted by molar-refractivity contribution is -0.145. The van der Waals surface area contributed by atoms with Gasteiger partial charge in [-0.05, 0) is 42.7 Å². The standard InChI is InChI=1S/C20H20N2O4/c1-20(19(25)26,14-5-3-2-4-6-14)12-18(24)21-15-8-9-16-13(11-15)7-10-17(23)22-16/h2-6,8-9,11H,7,10,12H2,1H3,(H,21,24)(H,22,23)(H,25,26)/t20-/m0/s1. The molecule has 0 unspecified atom stereocenters. The quantitative estimate of drug-likeness (QED) is 0.771. The minimum Gasteiger partial charge on any atom is -0.481 e. The number of amides is 2. The van der Waals surface area contributed by atoms with Crippen molar-refractivity contribution in [1.29, 1.82) is 0 Å². The van der Waals surface area contributed by atoms with E-state index in [2.05, 4.69) is 10.6 Å². The zero-order chi connectivity index (χ0) is 18.7. The summed E-state index contributed by atoms with van der Waals surface area (Å²) < 4.78 is 0. The van der Waals surface area contributed by atoms with Crippen molar-refractivity contribution in [2.24, 2.45) is 0 Å². The van der Waals surface area contributed by atoms with Crippen LogP contribution in [0.15, 0.2) is 48.5 Å². The van der Waals surface area contributed by atoms with Crippen LogP contribution in [0.1, 0.15) is 30.9 Å². The van der Waals surface area contributed by atoms with E-state index in [1.54, 1.807) is 49.4 Å². The molecule has 1 atom stereocenters. The van der Waals surface area contributed by atoms with Gasteiger partial charge < -0.3 is 15.7 Å². The van der Waals surface area contributed by atoms with Crippen molar-refractivity contribution >= 4 is 29.2 Å². The Balaban J connectivity index is 1.75. The Morgan fingerprint density at radius 1 is 1.15 bits per heavy atom. The van der Waals surface area contributed by atoms with E-state index in [1.807, 2.05) is 6.07 Å². The molecular weight excluding hydrogens is 332 g/mol. The summed E-state index contributed by atoms with van der Waals surface area (Å²) >= 11 is 0. The molecule has 2 amide bonds. The summed E-state index contributed by atoms with van der Waals surface area (Å²) in [5.41, 5.74) is 1.56. The van der Waals surface area contributed by atoms with Crippen molar-refractivity contribution in [3.8, 4) is 0 Å². The fraction of sp³-hybridized carbons (Fsp3) is 0.250. The van der Waals surface area contributed by atoms with Crippen LogP contribution in [0.2, 0.25) is 0 Å². The Hall–Kier alpha value is -3.15. The molecule has 0 radical (unpaired) electrons. The molecule has 0 spiro atoms. The minimum atomic E-state index is -1.31. The van der Waals surface area contributed by atoms with E-state index in [0.29, 0.717) is 24.1 Å². The lowest BCUT2D eigenvalue weighted by atomic mass is 9.79. The van der Waals surface area contributed by atoms with Gasteiger partial charge in [0.05, 0.1) is 5.41 Å². The molecule has 1 aliphatic heterocycles. The van der Waals surface area contributed by atoms with Crippen molar-refractivity contribution in [1.82, 2.24) is 0 Å². The van der Waals surface area contributed by atoms with Crippen molar-refractivity contribution in [2.45, 2.75) is 31.6 Å². The number of hydrogen-bond acceptors (Lipinski definition) is 3. The second-order valence-electron chi connectivity index (χ2n) is 6.65. The SMILES string of the molecule is C[C@@](CC(=O)Nc1ccc2c(c1)CCC(=O)N2)(C(=O)O)c1ccccc1. The fourth-order valence-electron chi connectivity index (χ4n) is 3.09. The Morgan fingerprint density at radius 3 is 2.58 bits per heavy atom. The molecule has 0 bridgehead atoms. The van der Waals surface area contributed by atoms with E-state index in [1.165, 1.54) is 0 Å². The maximum Gasteiger partial charge on any atom is 0.314 e. The molecule has 3 N–H and O–H groups in total. The second-order valence-corrected chi connectivity index (χ2v) is 6.65. The van der Waals surface area contributed by atoms with Crippen molar-refractivity contribution < 1.29 is 19.5 Å². The molecular formula is C20H20N2O4. The molecule has 0 saturated heterocycles. The highest BCUT2D eigenvalue weighted by molar-refractivity contribution is 5.98. The third kappa shape index (κ3) is 3.59. The highest BCUT2D eigenvalue weighted by Gasteiger charge is 2.37. The first kappa shape index (κ1) is 17.7. The Bertz CT molecular complexity index is 863. The van der Waals surface area contributed by atoms with Gasteiger partial charge in [-0.2, -0.15) is 0 Å². The smallest absolute Gasteiger partial charge is 0.314 e. The number of carboxylic acid groups (broad SMARTS) is 1. The number of fused-ring (bicyclic) bond motifs is 1. The number of nitrogens with one attached hydrogen (secondary N) is 2. The Labute approximate surface area is 151 Å². The molecule has 6 heteroatoms. The van der Waals surface area contributed by atoms with E-state index in [9.17, 15) is 19.5 Å². The molecule has 2 aromatic carbocycles. The average Bonchev–Trinajstić information content (AvgIpc) is 2.62. The lowest BCUT2D eigenvalue weighted by Crippen LogP contribution is -2.36. The van der Waals surface area contributed by atoms with Gasteiger partial charge in [0.15, 0.2) is 0 Å². The molecule has 0 saturated carbocycles. The van der Waals surface area contributed by atoms with E-state index >= 15 is 0 Å². The third-order valence-electron chi connectivity index (χ3n) is 4.68. The van der Waals surface area contributed by atoms with Crippen LogP contribution in [-0.2, 0) is 26.2 Å². The molecule has 0 aromatic heterocycles. The summed E-state index contributed by atoms with van der Waals surface area (Å²) in [6, 6.07) is 14.0. The van der Waals surface area contributed by atoms with E-state index in [-0.39, 0.29) is 18.2 Å². The maximum atomic E-state index is 12.5. The topological polar surface area (TPSA) is 95.5 Å². The second kappa shape index (κ2) is 7.00. The van der Waals surface area contributed by atoms with Crippen LogP contribution in [0, 0.1) is 0 Å². The number of carbonyl (C=O) groups excluding carboxylic acids is 2. The number of hydrogen-bond donors (Lipinski definition) is 3. The molecule has 1 heterocycles. The van der Waals surface area contributed by atoms with Crippen molar-refractivity contribution in [3.63, 3.8) is 0 Å². The van der Waals surface area contributed by atoms with Crippen LogP contribution in [0.25, 0.3) is 0 Å². The van der Waals surface area contributed by atoms with E-state index < -0.39 is 11.4 Å². The van der Waals surface area contributed by atoms with Gasteiger partial charge >= 0.3 is 5.97 Å². The molecule has 134 valence electrons. The van der Waals surface area contributed by atoms with Crippen LogP contribution in [0.3, 0.4) is 0 Å². The highest BCUT2D eigenvalue weighted by Crippen LogP contribution is 2.30. The number of aryl methyl sites for hydroxylation is 1. The molecule has 6 nitrogen and oxygen atoms in total. The van der Waals surface area contributed by atoms with Gasteiger partial charge in [-0.25, -0.2) is 0 Å². The fourth-order valence-corrected chi connectivity index (χ4v) is 3.09. The predicted octanol–water partition coefficient (Wildman–Crippen LogP) is 2.94. The number of benzene rings is 2. The van der Waals surface area contributed by atoms with Gasteiger partial charge in [0.2, 0.25) is 11.8 Å². The lowest BCUT2D eigenvalue weighted by Gasteiger charge is -2.25. The first-order chi connectivity index (χ1) is 12.4. The van der Waals surface area contributed by atoms with Crippen LogP contribution in [-0.4, -0.2) is 22.9 Å². The Morgan fingerprint density at radius 2 is 1.88 bits per heavy atom. The van der Waals surface area contributed by atoms with E-state index in [4.69, 9.17) is 0 Å². The average molecular weight is 352 g/mol. The van der Waals surface area contributed by atoms with Gasteiger partial charge in [-0.1, -0.05) is 30.3 Å². The third-order valence-corrected chi connectivity index (χ3v) is 4.68. The summed E-state index contributed by atoms with van der Waals surface area (Å²) in [4.78, 5) is 35.7. The molecule has 0 fully saturated rings. The molecule has 26 heavy (non-hydrogen) atoms. The first-order valence-electron chi connectivity index (χ1n) is 8.40. The number of aliphatic carboxylic acids is 1. The number of anilines is 2. The van der Waals surface area contributed by atoms with Crippen LogP contribution in [0.4, 0.5) is 11.4 Å². The number of carbonyl (C=O) groups is 3. The number of carboxylic acids is 1. The first-order valence-corrected chi connectivity index (χ1v) is 8.40. The van der Waals surface area contributed by atoms with Crippen LogP contribution in [0.5, 0.6) is 0 Å². The summed E-state index contributed by atoms with van der Waals surface area (Å²) in [5, 5.41) is 15.2. The largest absolute Gasteiger partial charge is 0.481 e. The molecule has 0 aliphatic carbocycles. The van der Waals surface area contributed by atoms with Crippen molar-refractivity contribution in [2.75, 3.05) is 10.6 Å². The molecule has 1 aliphatic rings. The normalized spacial score (nSPS) is 15.3. The Kier molecular flexibility index (Phi) is 4.75. The molecule has 3 rings (SSSR count). The minimum absolute atomic E-state index is 0.0191. The predicted molar refractivity (Wildman–Crippen MR) is 98.1 cm³/mol. The summed E-state index contributed by atoms with van der Waals surface area (Å²) in [6.45, 7) is 1.55. The monoisotopic (exact) mass is 352 g/mol. The zero-order valence-corrected chi connectivity index (χ0v) is 14.4. The highest BCUT2D eigenvalue weighted by atomic mass is 16.4. The van der Waals surface area contributed by atoms with Gasteiger partial charge in [0.1, 0.15) is 0 Å². The van der Waals surface area contributed by atoms with Gasteiger partial charge in [-0.15, -0.1) is 0 Å².